The van der Waals surface area contributed by atoms with Crippen molar-refractivity contribution in [3.8, 4) is 5.75 Å². The highest BCUT2D eigenvalue weighted by Gasteiger charge is 2.20. The Morgan fingerprint density at radius 2 is 2.24 bits per heavy atom. The maximum Gasteiger partial charge on any atom is 0.272 e. The number of thiophene rings is 1. The first kappa shape index (κ1) is 11.5. The zero-order valence-corrected chi connectivity index (χ0v) is 10.4. The van der Waals surface area contributed by atoms with Gasteiger partial charge in [0.25, 0.3) is 11.9 Å². The first-order chi connectivity index (χ1) is 8.13. The van der Waals surface area contributed by atoms with Crippen molar-refractivity contribution in [1.82, 2.24) is 20.6 Å². The predicted molar refractivity (Wildman–Crippen MR) is 62.5 cm³/mol. The number of carbonyl (C=O) groups excluding carboxylic acids is 1. The minimum absolute atomic E-state index is 0.140. The van der Waals surface area contributed by atoms with Crippen LogP contribution in [0.1, 0.15) is 20.1 Å². The lowest BCUT2D eigenvalue weighted by atomic mass is 10.2. The van der Waals surface area contributed by atoms with Crippen molar-refractivity contribution in [3.63, 3.8) is 0 Å². The SMILES string of the molecule is COc1c(C(=O)Nc2nn[nH]n2)sc(C)c1C. The molecule has 0 bridgehead atoms. The number of H-pyrrole nitrogens is 1. The number of ether oxygens (including phenoxy) is 1. The van der Waals surface area contributed by atoms with Gasteiger partial charge in [-0.1, -0.05) is 5.10 Å². The van der Waals surface area contributed by atoms with E-state index in [-0.39, 0.29) is 11.9 Å². The van der Waals surface area contributed by atoms with Gasteiger partial charge >= 0.3 is 0 Å². The Morgan fingerprint density at radius 1 is 1.47 bits per heavy atom. The third-order valence-corrected chi connectivity index (χ3v) is 3.50. The fourth-order valence-corrected chi connectivity index (χ4v) is 2.40. The summed E-state index contributed by atoms with van der Waals surface area (Å²) in [4.78, 5) is 13.5. The first-order valence-corrected chi connectivity index (χ1v) is 5.64. The van der Waals surface area contributed by atoms with Gasteiger partial charge in [0.05, 0.1) is 7.11 Å². The second-order valence-corrected chi connectivity index (χ2v) is 4.56. The molecule has 1 amide bonds. The number of nitrogens with one attached hydrogen (secondary N) is 2. The number of methoxy groups -OCH3 is 1. The maximum absolute atomic E-state index is 12.0. The molecule has 2 aromatic rings. The highest BCUT2D eigenvalue weighted by atomic mass is 32.1. The topological polar surface area (TPSA) is 92.8 Å². The molecule has 0 spiro atoms. The molecule has 2 aromatic heterocycles. The average molecular weight is 253 g/mol. The molecule has 2 N–H and O–H groups in total. The van der Waals surface area contributed by atoms with Gasteiger partial charge in [0, 0.05) is 10.4 Å². The highest BCUT2D eigenvalue weighted by Crippen LogP contribution is 2.34. The maximum atomic E-state index is 12.0. The summed E-state index contributed by atoms with van der Waals surface area (Å²) in [7, 11) is 1.54. The monoisotopic (exact) mass is 253 g/mol. The molecule has 0 radical (unpaired) electrons. The Morgan fingerprint density at radius 3 is 2.82 bits per heavy atom. The van der Waals surface area contributed by atoms with E-state index in [1.807, 2.05) is 13.8 Å². The second kappa shape index (κ2) is 4.50. The number of nitrogens with zero attached hydrogens (tertiary/aromatic N) is 3. The standard InChI is InChI=1S/C9H11N5O2S/c1-4-5(2)17-7(6(4)16-3)8(15)10-9-11-13-14-12-9/h1-3H3,(H2,10,11,12,13,14,15). The molecule has 0 fully saturated rings. The molecule has 2 rings (SSSR count). The Balaban J connectivity index is 2.28. The van der Waals surface area contributed by atoms with Gasteiger partial charge in [-0.15, -0.1) is 16.4 Å². The van der Waals surface area contributed by atoms with Gasteiger partial charge in [0.15, 0.2) is 0 Å². The number of aryl methyl sites for hydroxylation is 1. The summed E-state index contributed by atoms with van der Waals surface area (Å²) in [5.41, 5.74) is 0.968. The number of aromatic nitrogens is 4. The molecule has 0 aromatic carbocycles. The number of anilines is 1. The Bertz CT molecular complexity index is 534. The number of tetrazole rings is 1. The van der Waals surface area contributed by atoms with Gasteiger partial charge in [-0.2, -0.15) is 5.21 Å². The number of amides is 1. The van der Waals surface area contributed by atoms with Crippen LogP contribution in [0.25, 0.3) is 0 Å². The predicted octanol–water partition coefficient (Wildman–Crippen LogP) is 1.14. The van der Waals surface area contributed by atoms with Crippen LogP contribution in [0.2, 0.25) is 0 Å². The van der Waals surface area contributed by atoms with Gasteiger partial charge in [0.2, 0.25) is 0 Å². The quantitative estimate of drug-likeness (QED) is 0.855. The van der Waals surface area contributed by atoms with Crippen molar-refractivity contribution in [3.05, 3.63) is 15.3 Å². The van der Waals surface area contributed by atoms with E-state index in [9.17, 15) is 4.79 Å². The molecule has 0 unspecified atom stereocenters. The molecule has 0 aliphatic carbocycles. The molecule has 17 heavy (non-hydrogen) atoms. The van der Waals surface area contributed by atoms with Crippen LogP contribution in [-0.4, -0.2) is 33.6 Å². The van der Waals surface area contributed by atoms with E-state index in [1.165, 1.54) is 11.3 Å². The van der Waals surface area contributed by atoms with Crippen LogP contribution in [0, 0.1) is 13.8 Å². The number of hydrogen-bond acceptors (Lipinski definition) is 6. The average Bonchev–Trinajstić information content (AvgIpc) is 2.89. The van der Waals surface area contributed by atoms with E-state index in [2.05, 4.69) is 25.9 Å². The highest BCUT2D eigenvalue weighted by molar-refractivity contribution is 7.14. The molecule has 0 saturated carbocycles. The van der Waals surface area contributed by atoms with Crippen LogP contribution in [0.5, 0.6) is 5.75 Å². The van der Waals surface area contributed by atoms with Gasteiger partial charge in [0.1, 0.15) is 10.6 Å². The summed E-state index contributed by atoms with van der Waals surface area (Å²) in [6, 6.07) is 0. The second-order valence-electron chi connectivity index (χ2n) is 3.34. The van der Waals surface area contributed by atoms with E-state index in [0.29, 0.717) is 10.6 Å². The summed E-state index contributed by atoms with van der Waals surface area (Å²) in [5.74, 6) is 0.429. The van der Waals surface area contributed by atoms with Gasteiger partial charge < -0.3 is 4.74 Å². The number of hydrogen-bond donors (Lipinski definition) is 2. The first-order valence-electron chi connectivity index (χ1n) is 4.82. The van der Waals surface area contributed by atoms with Crippen LogP contribution in [-0.2, 0) is 0 Å². The zero-order valence-electron chi connectivity index (χ0n) is 9.57. The molecule has 2 heterocycles. The Hall–Kier alpha value is -1.96. The van der Waals surface area contributed by atoms with Crippen molar-refractivity contribution in [1.29, 1.82) is 0 Å². The van der Waals surface area contributed by atoms with Gasteiger partial charge in [-0.05, 0) is 19.1 Å². The van der Waals surface area contributed by atoms with E-state index >= 15 is 0 Å². The molecule has 0 aliphatic rings. The number of carbonyl (C=O) groups is 1. The summed E-state index contributed by atoms with van der Waals surface area (Å²) in [6.45, 7) is 3.85. The van der Waals surface area contributed by atoms with E-state index in [1.54, 1.807) is 7.11 Å². The van der Waals surface area contributed by atoms with E-state index in [4.69, 9.17) is 4.74 Å². The summed E-state index contributed by atoms with van der Waals surface area (Å²) in [6.07, 6.45) is 0. The molecule has 8 heteroatoms. The van der Waals surface area contributed by atoms with Crippen LogP contribution >= 0.6 is 11.3 Å². The van der Waals surface area contributed by atoms with Crippen molar-refractivity contribution in [2.45, 2.75) is 13.8 Å². The molecular weight excluding hydrogens is 242 g/mol. The van der Waals surface area contributed by atoms with Crippen molar-refractivity contribution < 1.29 is 9.53 Å². The molecule has 90 valence electrons. The summed E-state index contributed by atoms with van der Waals surface area (Å²) >= 11 is 1.37. The van der Waals surface area contributed by atoms with Crippen LogP contribution in [0.3, 0.4) is 0 Å². The third-order valence-electron chi connectivity index (χ3n) is 2.31. The lowest BCUT2D eigenvalue weighted by Gasteiger charge is -2.02. The van der Waals surface area contributed by atoms with Crippen LogP contribution < -0.4 is 10.1 Å². The molecular formula is C9H11N5O2S. The Kier molecular flexibility index (Phi) is 3.05. The normalized spacial score (nSPS) is 10.3. The van der Waals surface area contributed by atoms with E-state index in [0.717, 1.165) is 10.4 Å². The minimum atomic E-state index is -0.301. The largest absolute Gasteiger partial charge is 0.495 e. The smallest absolute Gasteiger partial charge is 0.272 e. The fraction of sp³-hybridized carbons (Fsp3) is 0.333. The van der Waals surface area contributed by atoms with Crippen LogP contribution in [0.15, 0.2) is 0 Å². The lowest BCUT2D eigenvalue weighted by Crippen LogP contribution is -2.12. The van der Waals surface area contributed by atoms with Gasteiger partial charge in [-0.25, -0.2) is 0 Å². The molecule has 0 aliphatic heterocycles. The van der Waals surface area contributed by atoms with Crippen molar-refractivity contribution in [2.75, 3.05) is 12.4 Å². The fourth-order valence-electron chi connectivity index (χ4n) is 1.37. The Labute approximate surface area is 101 Å². The molecule has 7 nitrogen and oxygen atoms in total. The molecule has 0 saturated heterocycles. The minimum Gasteiger partial charge on any atom is -0.495 e. The lowest BCUT2D eigenvalue weighted by molar-refractivity contribution is 0.102. The summed E-state index contributed by atoms with van der Waals surface area (Å²) < 4.78 is 5.22. The van der Waals surface area contributed by atoms with E-state index < -0.39 is 0 Å². The van der Waals surface area contributed by atoms with Crippen LogP contribution in [0.4, 0.5) is 5.95 Å². The zero-order chi connectivity index (χ0) is 12.4. The van der Waals surface area contributed by atoms with Crippen molar-refractivity contribution in [2.24, 2.45) is 0 Å². The third kappa shape index (κ3) is 2.11. The van der Waals surface area contributed by atoms with Crippen molar-refractivity contribution >= 4 is 23.2 Å². The molecule has 0 atom stereocenters. The summed E-state index contributed by atoms with van der Waals surface area (Å²) in [5, 5.41) is 15.4. The number of aromatic amines is 1. The van der Waals surface area contributed by atoms with Gasteiger partial charge in [-0.3, -0.25) is 10.1 Å². The number of rotatable bonds is 3.